The van der Waals surface area contributed by atoms with Crippen LogP contribution >= 0.6 is 0 Å². The van der Waals surface area contributed by atoms with Gasteiger partial charge in [-0.1, -0.05) is 6.07 Å². The van der Waals surface area contributed by atoms with Crippen LogP contribution in [0.5, 0.6) is 0 Å². The summed E-state index contributed by atoms with van der Waals surface area (Å²) in [6.07, 6.45) is -0.713. The standard InChI is InChI=1S/C24H28F4N6O/c1-24(2,35)11-17-10-19-20(12-29-17)31-22(30-13-21(27)28)23(32-19)34-7-5-33(6-8-34)14-15-3-4-16(25)9-18(15)26/h3-4,9-10,12,21,35H,5-8,11,13-14H2,1-2H3,(H,30,31). The minimum atomic E-state index is -2.56. The van der Waals surface area contributed by atoms with E-state index in [4.69, 9.17) is 4.98 Å². The van der Waals surface area contributed by atoms with Gasteiger partial charge in [0.1, 0.15) is 17.2 Å². The summed E-state index contributed by atoms with van der Waals surface area (Å²) in [5.74, 6) is -0.503. The summed E-state index contributed by atoms with van der Waals surface area (Å²) in [6, 6.07) is 5.30. The topological polar surface area (TPSA) is 77.4 Å². The first-order chi connectivity index (χ1) is 16.6. The van der Waals surface area contributed by atoms with Crippen LogP contribution in [0.4, 0.5) is 29.2 Å². The van der Waals surface area contributed by atoms with E-state index in [1.165, 1.54) is 18.3 Å². The quantitative estimate of drug-likeness (QED) is 0.465. The number of nitrogens with zero attached hydrogens (tertiary/aromatic N) is 5. The fraction of sp³-hybridized carbons (Fsp3) is 0.458. The van der Waals surface area contributed by atoms with Gasteiger partial charge in [-0.15, -0.1) is 0 Å². The van der Waals surface area contributed by atoms with Crippen molar-refractivity contribution in [2.24, 2.45) is 0 Å². The molecule has 2 N–H and O–H groups in total. The highest BCUT2D eigenvalue weighted by atomic mass is 19.3. The molecule has 0 aliphatic carbocycles. The van der Waals surface area contributed by atoms with Gasteiger partial charge in [-0.05, 0) is 26.0 Å². The molecular weight excluding hydrogens is 464 g/mol. The van der Waals surface area contributed by atoms with Crippen molar-refractivity contribution in [3.63, 3.8) is 0 Å². The van der Waals surface area contributed by atoms with Gasteiger partial charge in [0.2, 0.25) is 0 Å². The Hall–Kier alpha value is -3.05. The number of piperazine rings is 1. The third-order valence-corrected chi connectivity index (χ3v) is 5.71. The maximum atomic E-state index is 14.0. The van der Waals surface area contributed by atoms with E-state index in [1.807, 2.05) is 9.80 Å². The van der Waals surface area contributed by atoms with E-state index in [1.54, 1.807) is 19.9 Å². The van der Waals surface area contributed by atoms with Gasteiger partial charge < -0.3 is 15.3 Å². The molecule has 1 aliphatic heterocycles. The first-order valence-electron chi connectivity index (χ1n) is 11.4. The van der Waals surface area contributed by atoms with Gasteiger partial charge in [0.15, 0.2) is 11.6 Å². The highest BCUT2D eigenvalue weighted by Crippen LogP contribution is 2.27. The first kappa shape index (κ1) is 25.1. The maximum absolute atomic E-state index is 14.0. The second kappa shape index (κ2) is 10.3. The fourth-order valence-electron chi connectivity index (χ4n) is 4.05. The molecule has 1 aliphatic rings. The average Bonchev–Trinajstić information content (AvgIpc) is 2.78. The summed E-state index contributed by atoms with van der Waals surface area (Å²) >= 11 is 0. The largest absolute Gasteiger partial charge is 0.390 e. The van der Waals surface area contributed by atoms with E-state index in [-0.39, 0.29) is 5.82 Å². The smallest absolute Gasteiger partial charge is 0.255 e. The molecule has 35 heavy (non-hydrogen) atoms. The predicted octanol–water partition coefficient (Wildman–Crippen LogP) is 3.62. The van der Waals surface area contributed by atoms with Gasteiger partial charge in [-0.25, -0.2) is 27.5 Å². The number of rotatable bonds is 8. The van der Waals surface area contributed by atoms with E-state index in [2.05, 4.69) is 15.3 Å². The molecule has 0 radical (unpaired) electrons. The van der Waals surface area contributed by atoms with Gasteiger partial charge in [0.05, 0.1) is 23.9 Å². The molecule has 4 rings (SSSR count). The highest BCUT2D eigenvalue weighted by molar-refractivity contribution is 5.80. The first-order valence-corrected chi connectivity index (χ1v) is 11.4. The predicted molar refractivity (Wildman–Crippen MR) is 126 cm³/mol. The van der Waals surface area contributed by atoms with Crippen LogP contribution < -0.4 is 10.2 Å². The van der Waals surface area contributed by atoms with Crippen LogP contribution in [0.3, 0.4) is 0 Å². The zero-order valence-electron chi connectivity index (χ0n) is 19.6. The summed E-state index contributed by atoms with van der Waals surface area (Å²) in [7, 11) is 0. The Labute approximate surface area is 200 Å². The van der Waals surface area contributed by atoms with Crippen LogP contribution in [0.2, 0.25) is 0 Å². The van der Waals surface area contributed by atoms with Crippen LogP contribution in [0.15, 0.2) is 30.5 Å². The Morgan fingerprint density at radius 1 is 1.06 bits per heavy atom. The number of halogens is 4. The van der Waals surface area contributed by atoms with Crippen molar-refractivity contribution in [3.05, 3.63) is 53.4 Å². The number of aliphatic hydroxyl groups is 1. The van der Waals surface area contributed by atoms with Crippen molar-refractivity contribution in [1.29, 1.82) is 0 Å². The SMILES string of the molecule is CC(C)(O)Cc1cc2nc(N3CCN(Cc4ccc(F)cc4F)CC3)c(NCC(F)F)nc2cn1. The Kier molecular flexibility index (Phi) is 7.36. The Balaban J connectivity index is 1.55. The summed E-state index contributed by atoms with van der Waals surface area (Å²) in [5, 5.41) is 12.8. The van der Waals surface area contributed by atoms with Gasteiger partial charge in [0.25, 0.3) is 6.43 Å². The zero-order valence-corrected chi connectivity index (χ0v) is 19.6. The van der Waals surface area contributed by atoms with E-state index >= 15 is 0 Å². The summed E-state index contributed by atoms with van der Waals surface area (Å²) in [6.45, 7) is 5.33. The molecule has 0 spiro atoms. The Morgan fingerprint density at radius 2 is 1.80 bits per heavy atom. The molecule has 3 heterocycles. The minimum absolute atomic E-state index is 0.243. The third-order valence-electron chi connectivity index (χ3n) is 5.71. The summed E-state index contributed by atoms with van der Waals surface area (Å²) < 4.78 is 53.1. The number of benzene rings is 1. The Bertz CT molecular complexity index is 1180. The number of anilines is 2. The molecule has 7 nitrogen and oxygen atoms in total. The number of aromatic nitrogens is 3. The second-order valence-corrected chi connectivity index (χ2v) is 9.32. The molecule has 1 aromatic carbocycles. The molecule has 3 aromatic rings. The molecule has 0 amide bonds. The van der Waals surface area contributed by atoms with Crippen LogP contribution in [-0.2, 0) is 13.0 Å². The number of pyridine rings is 1. The monoisotopic (exact) mass is 492 g/mol. The van der Waals surface area contributed by atoms with E-state index in [9.17, 15) is 22.7 Å². The van der Waals surface area contributed by atoms with Crippen molar-refractivity contribution in [2.45, 2.75) is 38.8 Å². The highest BCUT2D eigenvalue weighted by Gasteiger charge is 2.24. The van der Waals surface area contributed by atoms with Crippen LogP contribution in [0, 0.1) is 11.6 Å². The molecule has 0 atom stereocenters. The van der Waals surface area contributed by atoms with Crippen molar-refractivity contribution in [1.82, 2.24) is 19.9 Å². The number of hydrogen-bond acceptors (Lipinski definition) is 7. The number of fused-ring (bicyclic) bond motifs is 1. The van der Waals surface area contributed by atoms with Crippen LogP contribution in [-0.4, -0.2) is 69.7 Å². The third kappa shape index (κ3) is 6.55. The lowest BCUT2D eigenvalue weighted by Crippen LogP contribution is -2.46. The van der Waals surface area contributed by atoms with Crippen molar-refractivity contribution >= 4 is 22.7 Å². The van der Waals surface area contributed by atoms with Gasteiger partial charge >= 0.3 is 0 Å². The fourth-order valence-corrected chi connectivity index (χ4v) is 4.05. The van der Waals surface area contributed by atoms with Gasteiger partial charge in [-0.3, -0.25) is 9.88 Å². The Morgan fingerprint density at radius 3 is 2.46 bits per heavy atom. The van der Waals surface area contributed by atoms with E-state index in [0.29, 0.717) is 67.3 Å². The second-order valence-electron chi connectivity index (χ2n) is 9.32. The molecule has 1 saturated heterocycles. The molecule has 2 aromatic heterocycles. The van der Waals surface area contributed by atoms with Gasteiger partial charge in [-0.2, -0.15) is 0 Å². The zero-order chi connectivity index (χ0) is 25.2. The number of hydrogen-bond donors (Lipinski definition) is 2. The van der Waals surface area contributed by atoms with Crippen LogP contribution in [0.1, 0.15) is 25.1 Å². The van der Waals surface area contributed by atoms with Crippen molar-refractivity contribution < 1.29 is 22.7 Å². The van der Waals surface area contributed by atoms with Crippen molar-refractivity contribution in [3.8, 4) is 0 Å². The summed E-state index contributed by atoms with van der Waals surface area (Å²) in [5.41, 5.74) is 1.11. The van der Waals surface area contributed by atoms with Gasteiger partial charge in [0, 0.05) is 56.5 Å². The molecule has 188 valence electrons. The lowest BCUT2D eigenvalue weighted by molar-refractivity contribution is 0.0800. The van der Waals surface area contributed by atoms with Crippen molar-refractivity contribution in [2.75, 3.05) is 42.9 Å². The molecule has 0 unspecified atom stereocenters. The van der Waals surface area contributed by atoms with E-state index in [0.717, 1.165) is 6.07 Å². The average molecular weight is 493 g/mol. The number of nitrogens with one attached hydrogen (secondary N) is 1. The molecular formula is C24H28F4N6O. The van der Waals surface area contributed by atoms with Crippen LogP contribution in [0.25, 0.3) is 11.0 Å². The summed E-state index contributed by atoms with van der Waals surface area (Å²) in [4.78, 5) is 17.5. The normalized spacial score (nSPS) is 15.3. The molecule has 1 fully saturated rings. The van der Waals surface area contributed by atoms with E-state index < -0.39 is 30.2 Å². The molecule has 0 bridgehead atoms. The minimum Gasteiger partial charge on any atom is -0.390 e. The maximum Gasteiger partial charge on any atom is 0.255 e. The lowest BCUT2D eigenvalue weighted by atomic mass is 10.0. The molecule has 0 saturated carbocycles. The lowest BCUT2D eigenvalue weighted by Gasteiger charge is -2.36. The number of alkyl halides is 2. The molecule has 11 heteroatoms.